The number of benzene rings is 1. The Morgan fingerprint density at radius 1 is 1.56 bits per heavy atom. The average Bonchev–Trinajstić information content (AvgIpc) is 2.29. The highest BCUT2D eigenvalue weighted by Gasteiger charge is 2.12. The second-order valence-electron chi connectivity index (χ2n) is 4.08. The first-order chi connectivity index (χ1) is 8.43. The predicted molar refractivity (Wildman–Crippen MR) is 74.2 cm³/mol. The van der Waals surface area contributed by atoms with Gasteiger partial charge < -0.3 is 15.8 Å². The van der Waals surface area contributed by atoms with Gasteiger partial charge in [0.2, 0.25) is 0 Å². The minimum absolute atomic E-state index is 0.0463. The maximum atomic E-state index is 11.5. The van der Waals surface area contributed by atoms with Gasteiger partial charge in [-0.25, -0.2) is 4.79 Å². The molecule has 2 unspecified atom stereocenters. The number of hydrogen-bond donors (Lipinski definition) is 2. The second kappa shape index (κ2) is 6.39. The van der Waals surface area contributed by atoms with Crippen LogP contribution in [0.4, 0.5) is 11.4 Å². The van der Waals surface area contributed by atoms with Crippen LogP contribution in [0, 0.1) is 0 Å². The van der Waals surface area contributed by atoms with E-state index < -0.39 is 16.8 Å². The Morgan fingerprint density at radius 3 is 2.78 bits per heavy atom. The van der Waals surface area contributed by atoms with Crippen molar-refractivity contribution in [3.63, 3.8) is 0 Å². The molecule has 6 heteroatoms. The summed E-state index contributed by atoms with van der Waals surface area (Å²) in [4.78, 5) is 11.5. The van der Waals surface area contributed by atoms with Gasteiger partial charge >= 0.3 is 5.97 Å². The lowest BCUT2D eigenvalue weighted by atomic mass is 10.1. The number of nitrogen functional groups attached to an aromatic ring is 1. The number of nitrogens with two attached hydrogens (primary N) is 1. The van der Waals surface area contributed by atoms with Crippen molar-refractivity contribution in [1.29, 1.82) is 0 Å². The summed E-state index contributed by atoms with van der Waals surface area (Å²) in [5.74, 6) is 0.0701. The molecule has 0 bridgehead atoms. The van der Waals surface area contributed by atoms with Crippen molar-refractivity contribution in [2.75, 3.05) is 30.2 Å². The van der Waals surface area contributed by atoms with Gasteiger partial charge in [-0.05, 0) is 25.1 Å². The van der Waals surface area contributed by atoms with Gasteiger partial charge in [-0.3, -0.25) is 4.21 Å². The number of rotatable bonds is 5. The van der Waals surface area contributed by atoms with E-state index in [4.69, 9.17) is 5.73 Å². The fraction of sp³-hybridized carbons (Fsp3) is 0.417. The first-order valence-electron chi connectivity index (χ1n) is 5.48. The average molecular weight is 270 g/mol. The maximum absolute atomic E-state index is 11.5. The van der Waals surface area contributed by atoms with Crippen LogP contribution >= 0.6 is 0 Å². The summed E-state index contributed by atoms with van der Waals surface area (Å²) in [7, 11) is 0.442. The van der Waals surface area contributed by atoms with Crippen LogP contribution in [-0.4, -0.2) is 35.3 Å². The normalized spacial score (nSPS) is 13.7. The standard InChI is InChI=1S/C12H18N2O3S/c1-8(7-18(3)16)14-9-4-5-11(13)10(6-9)12(15)17-2/h4-6,8,14H,7,13H2,1-3H3. The molecular formula is C12H18N2O3S. The molecule has 5 nitrogen and oxygen atoms in total. The van der Waals surface area contributed by atoms with Crippen LogP contribution in [0.15, 0.2) is 18.2 Å². The van der Waals surface area contributed by atoms with Gasteiger partial charge in [-0.2, -0.15) is 0 Å². The Hall–Kier alpha value is -1.56. The zero-order chi connectivity index (χ0) is 13.7. The molecule has 0 radical (unpaired) electrons. The smallest absolute Gasteiger partial charge is 0.340 e. The van der Waals surface area contributed by atoms with Gasteiger partial charge in [0.15, 0.2) is 0 Å². The predicted octanol–water partition coefficient (Wildman–Crippen LogP) is 1.23. The Kier molecular flexibility index (Phi) is 5.15. The lowest BCUT2D eigenvalue weighted by molar-refractivity contribution is 0.0602. The number of nitrogens with one attached hydrogen (secondary N) is 1. The number of hydrogen-bond acceptors (Lipinski definition) is 5. The molecule has 0 spiro atoms. The molecule has 0 aliphatic rings. The molecule has 0 aromatic heterocycles. The molecule has 1 aromatic rings. The van der Waals surface area contributed by atoms with E-state index >= 15 is 0 Å². The Morgan fingerprint density at radius 2 is 2.22 bits per heavy atom. The number of esters is 1. The van der Waals surface area contributed by atoms with Crippen molar-refractivity contribution in [3.05, 3.63) is 23.8 Å². The second-order valence-corrected chi connectivity index (χ2v) is 5.56. The van der Waals surface area contributed by atoms with E-state index in [1.165, 1.54) is 7.11 Å². The van der Waals surface area contributed by atoms with E-state index in [1.807, 2.05) is 6.92 Å². The van der Waals surface area contributed by atoms with Gasteiger partial charge in [-0.15, -0.1) is 0 Å². The van der Waals surface area contributed by atoms with Crippen LogP contribution in [0.25, 0.3) is 0 Å². The first kappa shape index (κ1) is 14.5. The molecule has 1 aromatic carbocycles. The third kappa shape index (κ3) is 4.03. The Bertz CT molecular complexity index is 463. The van der Waals surface area contributed by atoms with Gasteiger partial charge in [0.1, 0.15) is 0 Å². The highest BCUT2D eigenvalue weighted by atomic mass is 32.2. The lowest BCUT2D eigenvalue weighted by Gasteiger charge is -2.15. The van der Waals surface area contributed by atoms with Crippen LogP contribution in [0.5, 0.6) is 0 Å². The van der Waals surface area contributed by atoms with E-state index in [9.17, 15) is 9.00 Å². The summed E-state index contributed by atoms with van der Waals surface area (Å²) in [6, 6.07) is 5.10. The largest absolute Gasteiger partial charge is 0.465 e. The summed E-state index contributed by atoms with van der Waals surface area (Å²) in [6.07, 6.45) is 1.65. The van der Waals surface area contributed by atoms with Crippen molar-refractivity contribution >= 4 is 28.1 Å². The maximum Gasteiger partial charge on any atom is 0.340 e. The summed E-state index contributed by atoms with van der Waals surface area (Å²) >= 11 is 0. The summed E-state index contributed by atoms with van der Waals surface area (Å²) in [6.45, 7) is 1.93. The van der Waals surface area contributed by atoms with E-state index in [1.54, 1.807) is 24.5 Å². The molecule has 0 saturated heterocycles. The van der Waals surface area contributed by atoms with Crippen LogP contribution in [-0.2, 0) is 15.5 Å². The number of carbonyl (C=O) groups is 1. The fourth-order valence-corrected chi connectivity index (χ4v) is 2.40. The summed E-state index contributed by atoms with van der Waals surface area (Å²) in [5, 5.41) is 3.16. The fourth-order valence-electron chi connectivity index (χ4n) is 1.61. The highest BCUT2D eigenvalue weighted by Crippen LogP contribution is 2.19. The molecule has 0 heterocycles. The molecule has 0 aliphatic heterocycles. The van der Waals surface area contributed by atoms with E-state index in [0.717, 1.165) is 5.69 Å². The summed E-state index contributed by atoms with van der Waals surface area (Å²) in [5.41, 5.74) is 7.15. The minimum atomic E-state index is -0.868. The van der Waals surface area contributed by atoms with Crippen LogP contribution in [0.2, 0.25) is 0 Å². The molecule has 100 valence electrons. The molecule has 0 saturated carbocycles. The number of ether oxygens (including phenoxy) is 1. The van der Waals surface area contributed by atoms with Crippen LogP contribution in [0.3, 0.4) is 0 Å². The van der Waals surface area contributed by atoms with Gasteiger partial charge in [0.05, 0.1) is 12.7 Å². The van der Waals surface area contributed by atoms with Gasteiger partial charge in [0, 0.05) is 40.2 Å². The van der Waals surface area contributed by atoms with Gasteiger partial charge in [0.25, 0.3) is 0 Å². The van der Waals surface area contributed by atoms with Crippen molar-refractivity contribution in [2.24, 2.45) is 0 Å². The third-order valence-corrected chi connectivity index (χ3v) is 3.33. The first-order valence-corrected chi connectivity index (χ1v) is 7.21. The van der Waals surface area contributed by atoms with Crippen molar-refractivity contribution in [2.45, 2.75) is 13.0 Å². The molecule has 3 N–H and O–H groups in total. The molecule has 0 amide bonds. The van der Waals surface area contributed by atoms with Crippen molar-refractivity contribution in [1.82, 2.24) is 0 Å². The Labute approximate surface area is 109 Å². The SMILES string of the molecule is COC(=O)c1cc(NC(C)CS(C)=O)ccc1N. The van der Waals surface area contributed by atoms with Crippen molar-refractivity contribution < 1.29 is 13.7 Å². The minimum Gasteiger partial charge on any atom is -0.465 e. The van der Waals surface area contributed by atoms with Gasteiger partial charge in [-0.1, -0.05) is 0 Å². The zero-order valence-corrected chi connectivity index (χ0v) is 11.5. The highest BCUT2D eigenvalue weighted by molar-refractivity contribution is 7.84. The van der Waals surface area contributed by atoms with E-state index in [2.05, 4.69) is 10.1 Å². The third-order valence-electron chi connectivity index (χ3n) is 2.36. The topological polar surface area (TPSA) is 81.4 Å². The Balaban J connectivity index is 2.85. The van der Waals surface area contributed by atoms with Crippen LogP contribution < -0.4 is 11.1 Å². The summed E-state index contributed by atoms with van der Waals surface area (Å²) < 4.78 is 15.7. The number of carbonyl (C=O) groups excluding carboxylic acids is 1. The molecular weight excluding hydrogens is 252 g/mol. The molecule has 0 aliphatic carbocycles. The quantitative estimate of drug-likeness (QED) is 0.621. The van der Waals surface area contributed by atoms with Crippen LogP contribution in [0.1, 0.15) is 17.3 Å². The zero-order valence-electron chi connectivity index (χ0n) is 10.7. The molecule has 18 heavy (non-hydrogen) atoms. The molecule has 0 fully saturated rings. The monoisotopic (exact) mass is 270 g/mol. The van der Waals surface area contributed by atoms with Crippen molar-refractivity contribution in [3.8, 4) is 0 Å². The molecule has 1 rings (SSSR count). The lowest BCUT2D eigenvalue weighted by Crippen LogP contribution is -2.22. The van der Waals surface area contributed by atoms with E-state index in [0.29, 0.717) is 17.0 Å². The number of methoxy groups -OCH3 is 1. The van der Waals surface area contributed by atoms with E-state index in [-0.39, 0.29) is 6.04 Å². The number of anilines is 2. The molecule has 2 atom stereocenters.